The summed E-state index contributed by atoms with van der Waals surface area (Å²) in [6.07, 6.45) is 2.55. The van der Waals surface area contributed by atoms with E-state index in [4.69, 9.17) is 9.47 Å². The van der Waals surface area contributed by atoms with Crippen LogP contribution in [-0.2, 0) is 16.0 Å². The van der Waals surface area contributed by atoms with Gasteiger partial charge in [0.15, 0.2) is 5.82 Å². The van der Waals surface area contributed by atoms with Crippen molar-refractivity contribution in [2.75, 3.05) is 60.0 Å². The summed E-state index contributed by atoms with van der Waals surface area (Å²) >= 11 is 0. The van der Waals surface area contributed by atoms with Crippen LogP contribution < -0.4 is 15.0 Å². The summed E-state index contributed by atoms with van der Waals surface area (Å²) in [6.45, 7) is 4.62. The summed E-state index contributed by atoms with van der Waals surface area (Å²) in [7, 11) is 3.09. The maximum Gasteiger partial charge on any atom is 0.273 e. The molecule has 35 heavy (non-hydrogen) atoms. The van der Waals surface area contributed by atoms with Crippen LogP contribution in [0.25, 0.3) is 11.4 Å². The van der Waals surface area contributed by atoms with E-state index in [2.05, 4.69) is 20.1 Å². The second-order valence-corrected chi connectivity index (χ2v) is 8.80. The standard InChI is InChI=1S/C24H32N6O5/c1-34-18-13-17(14-19(15-18)35-2)23-25-24(33)20(26-27-23)5-6-21(31)30-11-9-28(10-12-30)16-22(32)29-7-3-4-8-29/h13-15H,3-12,16H2,1-2H3,(H,25,27,33). The van der Waals surface area contributed by atoms with Gasteiger partial charge in [-0.3, -0.25) is 19.3 Å². The van der Waals surface area contributed by atoms with E-state index in [0.29, 0.717) is 55.6 Å². The molecule has 2 fully saturated rings. The van der Waals surface area contributed by atoms with Gasteiger partial charge in [-0.1, -0.05) is 0 Å². The van der Waals surface area contributed by atoms with Crippen LogP contribution in [0.4, 0.5) is 0 Å². The summed E-state index contributed by atoms with van der Waals surface area (Å²) in [6, 6.07) is 5.17. The molecule has 4 rings (SSSR count). The van der Waals surface area contributed by atoms with Crippen LogP contribution in [0.1, 0.15) is 25.0 Å². The number of benzene rings is 1. The van der Waals surface area contributed by atoms with E-state index in [9.17, 15) is 14.4 Å². The van der Waals surface area contributed by atoms with Crippen molar-refractivity contribution in [1.29, 1.82) is 0 Å². The van der Waals surface area contributed by atoms with Gasteiger partial charge in [0.05, 0.1) is 20.8 Å². The number of amides is 2. The largest absolute Gasteiger partial charge is 0.497 e. The zero-order valence-corrected chi connectivity index (χ0v) is 20.3. The lowest BCUT2D eigenvalue weighted by molar-refractivity contribution is -0.134. The number of aromatic nitrogens is 3. The average Bonchev–Trinajstić information content (AvgIpc) is 3.43. The topological polar surface area (TPSA) is 121 Å². The molecule has 0 radical (unpaired) electrons. The Bertz CT molecular complexity index is 1080. The molecule has 0 atom stereocenters. The molecule has 2 aliphatic heterocycles. The van der Waals surface area contributed by atoms with E-state index in [-0.39, 0.29) is 35.9 Å². The van der Waals surface area contributed by atoms with Gasteiger partial charge >= 0.3 is 0 Å². The van der Waals surface area contributed by atoms with Crippen LogP contribution in [0.2, 0.25) is 0 Å². The highest BCUT2D eigenvalue weighted by molar-refractivity contribution is 5.79. The number of piperazine rings is 1. The third-order valence-corrected chi connectivity index (χ3v) is 6.51. The Hall–Kier alpha value is -3.47. The number of nitrogens with one attached hydrogen (secondary N) is 1. The highest BCUT2D eigenvalue weighted by Gasteiger charge is 2.25. The highest BCUT2D eigenvalue weighted by Crippen LogP contribution is 2.27. The molecule has 3 heterocycles. The Labute approximate surface area is 204 Å². The summed E-state index contributed by atoms with van der Waals surface area (Å²) < 4.78 is 10.5. The van der Waals surface area contributed by atoms with E-state index in [1.165, 1.54) is 0 Å². The number of aryl methyl sites for hydroxylation is 1. The number of carbonyl (C=O) groups excluding carboxylic acids is 2. The van der Waals surface area contributed by atoms with Gasteiger partial charge in [-0.25, -0.2) is 0 Å². The summed E-state index contributed by atoms with van der Waals surface area (Å²) in [4.78, 5) is 46.2. The molecule has 0 unspecified atom stereocenters. The molecule has 1 aromatic carbocycles. The number of methoxy groups -OCH3 is 2. The predicted molar refractivity (Wildman–Crippen MR) is 128 cm³/mol. The van der Waals surface area contributed by atoms with Crippen LogP contribution in [0.3, 0.4) is 0 Å². The summed E-state index contributed by atoms with van der Waals surface area (Å²) in [5.41, 5.74) is 0.441. The number of nitrogens with zero attached hydrogens (tertiary/aromatic N) is 5. The number of ether oxygens (including phenoxy) is 2. The Morgan fingerprint density at radius 1 is 0.886 bits per heavy atom. The van der Waals surface area contributed by atoms with Crippen molar-refractivity contribution >= 4 is 11.8 Å². The molecule has 0 saturated carbocycles. The maximum atomic E-state index is 12.7. The van der Waals surface area contributed by atoms with Gasteiger partial charge in [0.25, 0.3) is 5.56 Å². The second-order valence-electron chi connectivity index (χ2n) is 8.80. The maximum absolute atomic E-state index is 12.7. The van der Waals surface area contributed by atoms with Crippen LogP contribution in [0, 0.1) is 0 Å². The lowest BCUT2D eigenvalue weighted by Crippen LogP contribution is -2.51. The van der Waals surface area contributed by atoms with Crippen molar-refractivity contribution in [2.24, 2.45) is 0 Å². The minimum atomic E-state index is -0.380. The normalized spacial score (nSPS) is 16.4. The van der Waals surface area contributed by atoms with Crippen molar-refractivity contribution in [2.45, 2.75) is 25.7 Å². The number of hydrogen-bond acceptors (Lipinski definition) is 8. The molecule has 0 bridgehead atoms. The second kappa shape index (κ2) is 11.3. The van der Waals surface area contributed by atoms with Gasteiger partial charge in [-0.15, -0.1) is 10.2 Å². The quantitative estimate of drug-likeness (QED) is 0.577. The molecule has 0 spiro atoms. The molecule has 2 amide bonds. The minimum absolute atomic E-state index is 0.0293. The van der Waals surface area contributed by atoms with Gasteiger partial charge in [-0.2, -0.15) is 0 Å². The summed E-state index contributed by atoms with van der Waals surface area (Å²) in [5, 5.41) is 8.21. The Balaban J connectivity index is 1.28. The molecular weight excluding hydrogens is 452 g/mol. The molecule has 1 N–H and O–H groups in total. The van der Waals surface area contributed by atoms with Gasteiger partial charge in [-0.05, 0) is 25.0 Å². The fourth-order valence-electron chi connectivity index (χ4n) is 4.39. The molecule has 11 nitrogen and oxygen atoms in total. The monoisotopic (exact) mass is 484 g/mol. The first-order valence-electron chi connectivity index (χ1n) is 11.9. The first-order chi connectivity index (χ1) is 17.0. The first kappa shape index (κ1) is 24.6. The minimum Gasteiger partial charge on any atom is -0.497 e. The zero-order valence-electron chi connectivity index (χ0n) is 20.3. The number of carbonyl (C=O) groups is 2. The van der Waals surface area contributed by atoms with Crippen molar-refractivity contribution in [3.05, 3.63) is 34.2 Å². The van der Waals surface area contributed by atoms with Crippen LogP contribution >= 0.6 is 0 Å². The van der Waals surface area contributed by atoms with Gasteiger partial charge in [0, 0.05) is 63.7 Å². The average molecular weight is 485 g/mol. The molecule has 2 aromatic rings. The summed E-state index contributed by atoms with van der Waals surface area (Å²) in [5.74, 6) is 1.57. The van der Waals surface area contributed by atoms with E-state index >= 15 is 0 Å². The highest BCUT2D eigenvalue weighted by atomic mass is 16.5. The molecule has 188 valence electrons. The lowest BCUT2D eigenvalue weighted by Gasteiger charge is -2.35. The molecular formula is C24H32N6O5. The Kier molecular flexibility index (Phi) is 7.96. The number of hydrogen-bond donors (Lipinski definition) is 1. The van der Waals surface area contributed by atoms with Crippen LogP contribution in [0.15, 0.2) is 23.0 Å². The van der Waals surface area contributed by atoms with Crippen molar-refractivity contribution in [3.8, 4) is 22.9 Å². The SMILES string of the molecule is COc1cc(OC)cc(-c2nnc(CCC(=O)N3CCN(CC(=O)N4CCCC4)CC3)c(=O)[nH]2)c1. The van der Waals surface area contributed by atoms with E-state index in [1.54, 1.807) is 37.3 Å². The Morgan fingerprint density at radius 3 is 2.11 bits per heavy atom. The molecule has 1 aromatic heterocycles. The fraction of sp³-hybridized carbons (Fsp3) is 0.542. The lowest BCUT2D eigenvalue weighted by atomic mass is 10.2. The van der Waals surface area contributed by atoms with Crippen molar-refractivity contribution in [1.82, 2.24) is 29.9 Å². The third kappa shape index (κ3) is 6.16. The van der Waals surface area contributed by atoms with E-state index in [1.807, 2.05) is 4.90 Å². The number of aromatic amines is 1. The molecule has 11 heteroatoms. The van der Waals surface area contributed by atoms with Crippen molar-refractivity contribution in [3.63, 3.8) is 0 Å². The number of rotatable bonds is 8. The van der Waals surface area contributed by atoms with Crippen LogP contribution in [0.5, 0.6) is 11.5 Å². The number of H-pyrrole nitrogens is 1. The fourth-order valence-corrected chi connectivity index (χ4v) is 4.39. The van der Waals surface area contributed by atoms with Crippen molar-refractivity contribution < 1.29 is 19.1 Å². The van der Waals surface area contributed by atoms with Gasteiger partial charge in [0.1, 0.15) is 17.2 Å². The molecule has 2 aliphatic rings. The van der Waals surface area contributed by atoms with E-state index < -0.39 is 0 Å². The predicted octanol–water partition coefficient (Wildman–Crippen LogP) is 0.548. The van der Waals surface area contributed by atoms with E-state index in [0.717, 1.165) is 25.9 Å². The smallest absolute Gasteiger partial charge is 0.273 e. The van der Waals surface area contributed by atoms with Crippen LogP contribution in [-0.4, -0.2) is 102 Å². The Morgan fingerprint density at radius 2 is 1.51 bits per heavy atom. The number of likely N-dealkylation sites (tertiary alicyclic amines) is 1. The molecule has 2 saturated heterocycles. The molecule has 0 aliphatic carbocycles. The first-order valence-corrected chi connectivity index (χ1v) is 11.9. The van der Waals surface area contributed by atoms with Gasteiger partial charge < -0.3 is 24.3 Å². The van der Waals surface area contributed by atoms with Gasteiger partial charge in [0.2, 0.25) is 11.8 Å². The zero-order chi connectivity index (χ0) is 24.8. The third-order valence-electron chi connectivity index (χ3n) is 6.51.